The Balaban J connectivity index is 2.67. The molecule has 3 atom stereocenters. The number of amides is 1. The summed E-state index contributed by atoms with van der Waals surface area (Å²) in [6.45, 7) is 12.8. The second-order valence-corrected chi connectivity index (χ2v) is 13.8. The van der Waals surface area contributed by atoms with E-state index in [1.807, 2.05) is 18.2 Å². The molecule has 1 amide bonds. The Morgan fingerprint density at radius 2 is 1.59 bits per heavy atom. The number of nitrogens with zero attached hydrogens (tertiary/aromatic N) is 1. The van der Waals surface area contributed by atoms with E-state index < -0.39 is 8.32 Å². The molecule has 0 spiro atoms. The van der Waals surface area contributed by atoms with Crippen molar-refractivity contribution in [3.05, 3.63) is 35.9 Å². The monoisotopic (exact) mass is 465 g/mol. The van der Waals surface area contributed by atoms with Crippen molar-refractivity contribution < 1.29 is 18.8 Å². The van der Waals surface area contributed by atoms with Crippen molar-refractivity contribution in [2.75, 3.05) is 20.8 Å². The van der Waals surface area contributed by atoms with Gasteiger partial charge in [0.25, 0.3) is 0 Å². The Kier molecular flexibility index (Phi) is 14.0. The third kappa shape index (κ3) is 9.73. The van der Waals surface area contributed by atoms with Gasteiger partial charge in [-0.1, -0.05) is 65.0 Å². The zero-order chi connectivity index (χ0) is 24.0. The van der Waals surface area contributed by atoms with Crippen LogP contribution >= 0.6 is 0 Å². The molecular formula is C26H47NO4Si. The summed E-state index contributed by atoms with van der Waals surface area (Å²) in [4.78, 5) is 17.3. The lowest BCUT2D eigenvalue weighted by Gasteiger charge is -2.39. The highest BCUT2D eigenvalue weighted by atomic mass is 28.4. The zero-order valence-corrected chi connectivity index (χ0v) is 22.6. The molecule has 6 heteroatoms. The number of rotatable bonds is 17. The molecule has 32 heavy (non-hydrogen) atoms. The third-order valence-electron chi connectivity index (χ3n) is 6.94. The SMILES string of the molecule is CC[Si](CC)(CC)O[C@@H]([C@H](C)CCCOCc1ccccc1)[C@@H](C)CCC(=O)N(C)OC. The van der Waals surface area contributed by atoms with Crippen LogP contribution in [0, 0.1) is 11.8 Å². The van der Waals surface area contributed by atoms with Crippen LogP contribution in [0.1, 0.15) is 65.9 Å². The maximum absolute atomic E-state index is 12.2. The van der Waals surface area contributed by atoms with Gasteiger partial charge in [0.05, 0.1) is 19.8 Å². The van der Waals surface area contributed by atoms with Gasteiger partial charge in [-0.05, 0) is 54.8 Å². The van der Waals surface area contributed by atoms with Gasteiger partial charge < -0.3 is 9.16 Å². The second kappa shape index (κ2) is 15.6. The van der Waals surface area contributed by atoms with Gasteiger partial charge in [-0.15, -0.1) is 0 Å². The molecule has 0 unspecified atom stereocenters. The molecule has 0 heterocycles. The quantitative estimate of drug-likeness (QED) is 0.151. The molecule has 5 nitrogen and oxygen atoms in total. The fraction of sp³-hybridized carbons (Fsp3) is 0.731. The Labute approximate surface area is 197 Å². The van der Waals surface area contributed by atoms with Crippen LogP contribution < -0.4 is 0 Å². The fourth-order valence-corrected chi connectivity index (χ4v) is 7.33. The summed E-state index contributed by atoms with van der Waals surface area (Å²) in [6.07, 6.45) is 3.56. The Morgan fingerprint density at radius 3 is 2.16 bits per heavy atom. The fourth-order valence-electron chi connectivity index (χ4n) is 4.29. The van der Waals surface area contributed by atoms with Crippen LogP contribution in [-0.4, -0.2) is 46.2 Å². The highest BCUT2D eigenvalue weighted by Gasteiger charge is 2.36. The Morgan fingerprint density at radius 1 is 1.00 bits per heavy atom. The third-order valence-corrected chi connectivity index (χ3v) is 11.6. The smallest absolute Gasteiger partial charge is 0.245 e. The van der Waals surface area contributed by atoms with Gasteiger partial charge in [-0.25, -0.2) is 5.06 Å². The number of carbonyl (C=O) groups excluding carboxylic acids is 1. The van der Waals surface area contributed by atoms with Crippen molar-refractivity contribution >= 4 is 14.2 Å². The van der Waals surface area contributed by atoms with Crippen molar-refractivity contribution in [2.45, 2.75) is 91.1 Å². The number of benzene rings is 1. The summed E-state index contributed by atoms with van der Waals surface area (Å²) < 4.78 is 12.9. The highest BCUT2D eigenvalue weighted by Crippen LogP contribution is 2.32. The second-order valence-electron chi connectivity index (χ2n) is 9.07. The van der Waals surface area contributed by atoms with Crippen molar-refractivity contribution in [1.29, 1.82) is 0 Å². The standard InChI is InChI=1S/C26H47NO4Si/c1-8-32(9-2,10-3)31-26(23(5)18-19-25(28)27(6)29-7)22(4)15-14-20-30-21-24-16-12-11-13-17-24/h11-13,16-17,22-23,26H,8-10,14-15,18-21H2,1-7H3/t22-,23+,26+/m1/s1. The molecule has 0 saturated carbocycles. The molecule has 0 aliphatic rings. The van der Waals surface area contributed by atoms with Crippen LogP contribution in [0.5, 0.6) is 0 Å². The maximum atomic E-state index is 12.2. The average Bonchev–Trinajstić information content (AvgIpc) is 2.83. The molecule has 1 aromatic carbocycles. The molecule has 0 radical (unpaired) electrons. The normalized spacial score (nSPS) is 14.7. The van der Waals surface area contributed by atoms with Crippen LogP contribution in [0.15, 0.2) is 30.3 Å². The largest absolute Gasteiger partial charge is 0.413 e. The van der Waals surface area contributed by atoms with Crippen LogP contribution in [-0.2, 0) is 25.4 Å². The summed E-state index contributed by atoms with van der Waals surface area (Å²) >= 11 is 0. The summed E-state index contributed by atoms with van der Waals surface area (Å²) in [5.41, 5.74) is 1.21. The van der Waals surface area contributed by atoms with Gasteiger partial charge in [-0.3, -0.25) is 9.63 Å². The van der Waals surface area contributed by atoms with E-state index in [2.05, 4.69) is 46.8 Å². The van der Waals surface area contributed by atoms with Gasteiger partial charge in [0.1, 0.15) is 0 Å². The molecule has 184 valence electrons. The van der Waals surface area contributed by atoms with E-state index in [1.54, 1.807) is 7.05 Å². The lowest BCUT2D eigenvalue weighted by atomic mass is 9.87. The van der Waals surface area contributed by atoms with E-state index in [0.29, 0.717) is 24.9 Å². The topological polar surface area (TPSA) is 48.0 Å². The Bertz CT molecular complexity index is 615. The molecule has 0 fully saturated rings. The minimum Gasteiger partial charge on any atom is -0.413 e. The first-order valence-corrected chi connectivity index (χ1v) is 15.0. The summed E-state index contributed by atoms with van der Waals surface area (Å²) in [5, 5.41) is 1.32. The van der Waals surface area contributed by atoms with Crippen molar-refractivity contribution in [3.8, 4) is 0 Å². The first-order chi connectivity index (χ1) is 15.3. The molecule has 1 aromatic rings. The van der Waals surface area contributed by atoms with Gasteiger partial charge in [0, 0.05) is 20.1 Å². The first kappa shape index (κ1) is 28.8. The number of ether oxygens (including phenoxy) is 1. The lowest BCUT2D eigenvalue weighted by molar-refractivity contribution is -0.169. The van der Waals surface area contributed by atoms with Gasteiger partial charge in [-0.2, -0.15) is 0 Å². The number of hydrogen-bond donors (Lipinski definition) is 0. The number of hydroxylamine groups is 2. The molecule has 0 N–H and O–H groups in total. The highest BCUT2D eigenvalue weighted by molar-refractivity contribution is 6.73. The van der Waals surface area contributed by atoms with E-state index in [9.17, 15) is 4.79 Å². The molecule has 0 aliphatic carbocycles. The van der Waals surface area contributed by atoms with Gasteiger partial charge in [0.15, 0.2) is 8.32 Å². The molecule has 1 rings (SSSR count). The number of carbonyl (C=O) groups is 1. The predicted octanol–water partition coefficient (Wildman–Crippen LogP) is 6.45. The predicted molar refractivity (Wildman–Crippen MR) is 135 cm³/mol. The van der Waals surface area contributed by atoms with Crippen molar-refractivity contribution in [3.63, 3.8) is 0 Å². The minimum atomic E-state index is -1.74. The first-order valence-electron chi connectivity index (χ1n) is 12.4. The van der Waals surface area contributed by atoms with Crippen molar-refractivity contribution in [2.24, 2.45) is 11.8 Å². The number of hydrogen-bond acceptors (Lipinski definition) is 4. The van der Waals surface area contributed by atoms with Gasteiger partial charge >= 0.3 is 0 Å². The molecule has 0 bridgehead atoms. The van der Waals surface area contributed by atoms with E-state index in [1.165, 1.54) is 17.7 Å². The minimum absolute atomic E-state index is 0.0186. The summed E-state index contributed by atoms with van der Waals surface area (Å²) in [6, 6.07) is 13.7. The molecule has 0 aliphatic heterocycles. The van der Waals surface area contributed by atoms with E-state index in [0.717, 1.165) is 44.0 Å². The molecule has 0 aromatic heterocycles. The average molecular weight is 466 g/mol. The lowest BCUT2D eigenvalue weighted by Crippen LogP contribution is -2.44. The summed E-state index contributed by atoms with van der Waals surface area (Å²) in [5.74, 6) is 0.767. The Hall–Kier alpha value is -1.21. The summed E-state index contributed by atoms with van der Waals surface area (Å²) in [7, 11) is 1.45. The molecular weight excluding hydrogens is 418 g/mol. The maximum Gasteiger partial charge on any atom is 0.245 e. The van der Waals surface area contributed by atoms with Crippen molar-refractivity contribution in [1.82, 2.24) is 5.06 Å². The molecule has 0 saturated heterocycles. The van der Waals surface area contributed by atoms with E-state index >= 15 is 0 Å². The van der Waals surface area contributed by atoms with Crippen LogP contribution in [0.4, 0.5) is 0 Å². The van der Waals surface area contributed by atoms with Crippen LogP contribution in [0.2, 0.25) is 18.1 Å². The zero-order valence-electron chi connectivity index (χ0n) is 21.6. The van der Waals surface area contributed by atoms with Crippen LogP contribution in [0.25, 0.3) is 0 Å². The van der Waals surface area contributed by atoms with E-state index in [-0.39, 0.29) is 12.0 Å². The van der Waals surface area contributed by atoms with E-state index in [4.69, 9.17) is 14.0 Å². The van der Waals surface area contributed by atoms with Gasteiger partial charge in [0.2, 0.25) is 5.91 Å². The van der Waals surface area contributed by atoms with Crippen LogP contribution in [0.3, 0.4) is 0 Å².